The molecule has 0 aliphatic carbocycles. The van der Waals surface area contributed by atoms with Crippen LogP contribution in [0.5, 0.6) is 17.2 Å². The fourth-order valence-electron chi connectivity index (χ4n) is 2.80. The normalized spacial score (nSPS) is 15.1. The lowest BCUT2D eigenvalue weighted by Gasteiger charge is -2.32. The molecule has 3 rings (SSSR count). The van der Waals surface area contributed by atoms with Gasteiger partial charge in [0.1, 0.15) is 0 Å². The molecular weight excluding hydrogens is 344 g/mol. The number of hydrogen-bond donors (Lipinski definition) is 4. The van der Waals surface area contributed by atoms with Crippen molar-refractivity contribution in [3.8, 4) is 17.2 Å². The number of nitrogens with one attached hydrogen (secondary N) is 1. The number of thiophene rings is 1. The second-order valence-electron chi connectivity index (χ2n) is 5.88. The number of likely N-dealkylation sites (tertiary alicyclic amines) is 1. The number of carbonyl (C=O) groups excluding carboxylic acids is 2. The smallest absolute Gasteiger partial charge is 0.261 e. The predicted molar refractivity (Wildman–Crippen MR) is 92.1 cm³/mol. The van der Waals surface area contributed by atoms with E-state index in [9.17, 15) is 24.9 Å². The van der Waals surface area contributed by atoms with Gasteiger partial charge in [0.25, 0.3) is 11.8 Å². The molecule has 1 aliphatic heterocycles. The first-order valence-electron chi connectivity index (χ1n) is 7.84. The van der Waals surface area contributed by atoms with Crippen LogP contribution in [0.4, 0.5) is 0 Å². The number of carbonyl (C=O) groups is 2. The Morgan fingerprint density at radius 1 is 1.12 bits per heavy atom. The van der Waals surface area contributed by atoms with Crippen LogP contribution in [0.15, 0.2) is 29.6 Å². The lowest BCUT2D eigenvalue weighted by molar-refractivity contribution is 0.0697. The van der Waals surface area contributed by atoms with Gasteiger partial charge >= 0.3 is 0 Å². The quantitative estimate of drug-likeness (QED) is 0.624. The highest BCUT2D eigenvalue weighted by Gasteiger charge is 2.26. The molecule has 0 bridgehead atoms. The van der Waals surface area contributed by atoms with Crippen molar-refractivity contribution in [2.24, 2.45) is 0 Å². The molecule has 1 aromatic carbocycles. The molecule has 132 valence electrons. The summed E-state index contributed by atoms with van der Waals surface area (Å²) in [5.41, 5.74) is 0.105. The molecule has 0 spiro atoms. The zero-order valence-electron chi connectivity index (χ0n) is 13.3. The van der Waals surface area contributed by atoms with E-state index in [1.165, 1.54) is 11.3 Å². The maximum absolute atomic E-state index is 12.5. The third kappa shape index (κ3) is 3.69. The second-order valence-corrected chi connectivity index (χ2v) is 6.83. The van der Waals surface area contributed by atoms with E-state index >= 15 is 0 Å². The van der Waals surface area contributed by atoms with Crippen molar-refractivity contribution in [3.05, 3.63) is 40.1 Å². The lowest BCUT2D eigenvalue weighted by Crippen LogP contribution is -2.46. The summed E-state index contributed by atoms with van der Waals surface area (Å²) in [5.74, 6) is -2.17. The highest BCUT2D eigenvalue weighted by Crippen LogP contribution is 2.35. The lowest BCUT2D eigenvalue weighted by atomic mass is 10.0. The molecule has 25 heavy (non-hydrogen) atoms. The first kappa shape index (κ1) is 17.1. The highest BCUT2D eigenvalue weighted by atomic mass is 32.1. The molecule has 0 radical (unpaired) electrons. The molecule has 1 saturated heterocycles. The van der Waals surface area contributed by atoms with Crippen molar-refractivity contribution >= 4 is 23.2 Å². The number of piperidine rings is 1. The molecular formula is C17H18N2O5S. The van der Waals surface area contributed by atoms with Crippen LogP contribution in [0, 0.1) is 0 Å². The molecule has 0 saturated carbocycles. The Kier molecular flexibility index (Phi) is 4.80. The molecule has 2 amide bonds. The molecule has 1 aliphatic rings. The van der Waals surface area contributed by atoms with Crippen molar-refractivity contribution in [1.82, 2.24) is 10.2 Å². The molecule has 8 heteroatoms. The molecule has 0 atom stereocenters. The summed E-state index contributed by atoms with van der Waals surface area (Å²) < 4.78 is 0. The summed E-state index contributed by atoms with van der Waals surface area (Å²) in [5, 5.41) is 33.2. The van der Waals surface area contributed by atoms with Crippen LogP contribution in [0.3, 0.4) is 0 Å². The summed E-state index contributed by atoms with van der Waals surface area (Å²) in [6.07, 6.45) is 1.25. The number of phenols is 3. The van der Waals surface area contributed by atoms with Crippen LogP contribution in [0.1, 0.15) is 32.9 Å². The van der Waals surface area contributed by atoms with Crippen molar-refractivity contribution in [2.45, 2.75) is 18.9 Å². The monoisotopic (exact) mass is 362 g/mol. The third-order valence-electron chi connectivity index (χ3n) is 4.18. The third-order valence-corrected chi connectivity index (χ3v) is 5.05. The molecule has 7 nitrogen and oxygen atoms in total. The first-order valence-corrected chi connectivity index (χ1v) is 8.72. The van der Waals surface area contributed by atoms with Gasteiger partial charge in [-0.1, -0.05) is 6.07 Å². The molecule has 2 heterocycles. The Morgan fingerprint density at radius 2 is 1.76 bits per heavy atom. The van der Waals surface area contributed by atoms with E-state index in [0.717, 1.165) is 12.1 Å². The van der Waals surface area contributed by atoms with Crippen molar-refractivity contribution in [1.29, 1.82) is 0 Å². The van der Waals surface area contributed by atoms with Crippen LogP contribution in [-0.2, 0) is 0 Å². The standard InChI is InChI=1S/C17H18N2O5S/c20-12-8-10(9-13(21)15(12)22)17(24)19-5-3-11(4-6-19)18-16(23)14-2-1-7-25-14/h1-2,7-9,11,20-22H,3-6H2,(H,18,23). The Hall–Kier alpha value is -2.74. The van der Waals surface area contributed by atoms with Gasteiger partial charge in [0.15, 0.2) is 17.2 Å². The van der Waals surface area contributed by atoms with Gasteiger partial charge in [-0.25, -0.2) is 0 Å². The zero-order valence-corrected chi connectivity index (χ0v) is 14.1. The van der Waals surface area contributed by atoms with Gasteiger partial charge < -0.3 is 25.5 Å². The van der Waals surface area contributed by atoms with Gasteiger partial charge in [0.2, 0.25) is 0 Å². The minimum atomic E-state index is -0.647. The van der Waals surface area contributed by atoms with E-state index in [0.29, 0.717) is 30.8 Å². The number of phenolic OH excluding ortho intramolecular Hbond substituents is 3. The largest absolute Gasteiger partial charge is 0.504 e. The van der Waals surface area contributed by atoms with Crippen molar-refractivity contribution in [3.63, 3.8) is 0 Å². The van der Waals surface area contributed by atoms with Gasteiger partial charge in [0.05, 0.1) is 4.88 Å². The molecule has 0 unspecified atom stereocenters. The maximum atomic E-state index is 12.5. The number of rotatable bonds is 3. The number of benzene rings is 1. The van der Waals surface area contributed by atoms with Crippen LogP contribution < -0.4 is 5.32 Å². The van der Waals surface area contributed by atoms with E-state index < -0.39 is 17.2 Å². The summed E-state index contributed by atoms with van der Waals surface area (Å²) in [7, 11) is 0. The molecule has 4 N–H and O–H groups in total. The average molecular weight is 362 g/mol. The summed E-state index contributed by atoms with van der Waals surface area (Å²) >= 11 is 1.38. The van der Waals surface area contributed by atoms with Crippen LogP contribution in [0.2, 0.25) is 0 Å². The Bertz CT molecular complexity index is 759. The fourth-order valence-corrected chi connectivity index (χ4v) is 3.43. The van der Waals surface area contributed by atoms with Gasteiger partial charge in [-0.3, -0.25) is 9.59 Å². The Labute approximate surface area is 148 Å². The minimum absolute atomic E-state index is 0.000253. The number of amides is 2. The SMILES string of the molecule is O=C(NC1CCN(C(=O)c2cc(O)c(O)c(O)c2)CC1)c1cccs1. The summed E-state index contributed by atoms with van der Waals surface area (Å²) in [4.78, 5) is 26.8. The van der Waals surface area contributed by atoms with Crippen LogP contribution >= 0.6 is 11.3 Å². The van der Waals surface area contributed by atoms with Crippen LogP contribution in [0.25, 0.3) is 0 Å². The first-order chi connectivity index (χ1) is 12.0. The topological polar surface area (TPSA) is 110 Å². The van der Waals surface area contributed by atoms with Gasteiger partial charge in [-0.05, 0) is 36.4 Å². The van der Waals surface area contributed by atoms with Gasteiger partial charge in [0, 0.05) is 24.7 Å². The molecule has 1 aromatic heterocycles. The van der Waals surface area contributed by atoms with E-state index in [-0.39, 0.29) is 23.4 Å². The number of aromatic hydroxyl groups is 3. The number of hydrogen-bond acceptors (Lipinski definition) is 6. The van der Waals surface area contributed by atoms with Crippen LogP contribution in [-0.4, -0.2) is 51.2 Å². The molecule has 1 fully saturated rings. The Balaban J connectivity index is 1.58. The van der Waals surface area contributed by atoms with E-state index in [1.807, 2.05) is 11.4 Å². The fraction of sp³-hybridized carbons (Fsp3) is 0.294. The van der Waals surface area contributed by atoms with E-state index in [2.05, 4.69) is 5.32 Å². The van der Waals surface area contributed by atoms with E-state index in [1.54, 1.807) is 11.0 Å². The Morgan fingerprint density at radius 3 is 2.32 bits per heavy atom. The van der Waals surface area contributed by atoms with Gasteiger partial charge in [-0.15, -0.1) is 11.3 Å². The maximum Gasteiger partial charge on any atom is 0.261 e. The predicted octanol–water partition coefficient (Wildman–Crippen LogP) is 1.90. The highest BCUT2D eigenvalue weighted by molar-refractivity contribution is 7.12. The molecule has 2 aromatic rings. The van der Waals surface area contributed by atoms with Gasteiger partial charge in [-0.2, -0.15) is 0 Å². The van der Waals surface area contributed by atoms with Crippen molar-refractivity contribution in [2.75, 3.05) is 13.1 Å². The van der Waals surface area contributed by atoms with E-state index in [4.69, 9.17) is 0 Å². The average Bonchev–Trinajstić information content (AvgIpc) is 3.14. The summed E-state index contributed by atoms with van der Waals surface area (Å²) in [6, 6.07) is 5.84. The second kappa shape index (κ2) is 7.02. The number of nitrogens with zero attached hydrogens (tertiary/aromatic N) is 1. The minimum Gasteiger partial charge on any atom is -0.504 e. The summed E-state index contributed by atoms with van der Waals surface area (Å²) in [6.45, 7) is 0.910. The van der Waals surface area contributed by atoms with Crippen molar-refractivity contribution < 1.29 is 24.9 Å². The zero-order chi connectivity index (χ0) is 18.0.